The van der Waals surface area contributed by atoms with Gasteiger partial charge in [-0.1, -0.05) is 42.8 Å². The number of benzene rings is 1. The molecule has 2 fully saturated rings. The maximum absolute atomic E-state index is 12.7. The van der Waals surface area contributed by atoms with Gasteiger partial charge in [0.25, 0.3) is 0 Å². The number of nitrogens with one attached hydrogen (secondary N) is 1. The molecule has 154 valence electrons. The second-order valence-corrected chi connectivity index (χ2v) is 10.1. The number of anilines is 1. The highest BCUT2D eigenvalue weighted by Gasteiger charge is 2.33. The van der Waals surface area contributed by atoms with Crippen molar-refractivity contribution in [3.05, 3.63) is 28.7 Å². The van der Waals surface area contributed by atoms with Crippen molar-refractivity contribution in [2.45, 2.75) is 40.0 Å². The number of amides is 2. The van der Waals surface area contributed by atoms with E-state index in [-0.39, 0.29) is 17.7 Å². The molecule has 5 nitrogen and oxygen atoms in total. The molecule has 3 rings (SSSR count). The van der Waals surface area contributed by atoms with E-state index in [0.717, 1.165) is 43.4 Å². The molecule has 0 spiro atoms. The van der Waals surface area contributed by atoms with Crippen molar-refractivity contribution in [1.29, 1.82) is 0 Å². The molecule has 2 unspecified atom stereocenters. The van der Waals surface area contributed by atoms with E-state index in [4.69, 9.17) is 0 Å². The molecule has 0 bridgehead atoms. The van der Waals surface area contributed by atoms with E-state index in [9.17, 15) is 9.59 Å². The molecule has 2 aliphatic rings. The number of halogens is 1. The zero-order valence-corrected chi connectivity index (χ0v) is 18.8. The lowest BCUT2D eigenvalue weighted by Crippen LogP contribution is -2.49. The molecule has 1 N–H and O–H groups in total. The summed E-state index contributed by atoms with van der Waals surface area (Å²) in [6.07, 6.45) is 2.86. The van der Waals surface area contributed by atoms with Gasteiger partial charge >= 0.3 is 0 Å². The lowest BCUT2D eigenvalue weighted by atomic mass is 9.91. The number of carbonyl (C=O) groups excluding carboxylic acids is 2. The normalized spacial score (nSPS) is 23.0. The summed E-state index contributed by atoms with van der Waals surface area (Å²) in [6, 6.07) is 8.37. The van der Waals surface area contributed by atoms with Crippen LogP contribution in [0, 0.1) is 17.3 Å². The average Bonchev–Trinajstić information content (AvgIpc) is 3.14. The summed E-state index contributed by atoms with van der Waals surface area (Å²) in [4.78, 5) is 29.5. The zero-order chi connectivity index (χ0) is 20.3. The van der Waals surface area contributed by atoms with Crippen LogP contribution < -0.4 is 10.2 Å². The van der Waals surface area contributed by atoms with Gasteiger partial charge in [0.1, 0.15) is 0 Å². The van der Waals surface area contributed by atoms with Crippen molar-refractivity contribution in [2.75, 3.05) is 37.6 Å². The highest BCUT2D eigenvalue weighted by atomic mass is 79.9. The van der Waals surface area contributed by atoms with Crippen LogP contribution in [-0.2, 0) is 9.59 Å². The van der Waals surface area contributed by atoms with Crippen LogP contribution in [0.15, 0.2) is 28.7 Å². The van der Waals surface area contributed by atoms with Gasteiger partial charge < -0.3 is 15.1 Å². The molecule has 1 aromatic carbocycles. The van der Waals surface area contributed by atoms with Crippen LogP contribution >= 0.6 is 15.9 Å². The summed E-state index contributed by atoms with van der Waals surface area (Å²) in [6.45, 7) is 9.85. The Morgan fingerprint density at radius 3 is 2.68 bits per heavy atom. The summed E-state index contributed by atoms with van der Waals surface area (Å²) in [7, 11) is 0. The predicted molar refractivity (Wildman–Crippen MR) is 116 cm³/mol. The number of carbonyl (C=O) groups is 2. The molecular formula is C22H32BrN3O2. The van der Waals surface area contributed by atoms with Gasteiger partial charge in [-0.05, 0) is 43.4 Å². The van der Waals surface area contributed by atoms with Crippen LogP contribution in [0.3, 0.4) is 0 Å². The molecule has 2 amide bonds. The summed E-state index contributed by atoms with van der Waals surface area (Å²) in [5.74, 6) is 0.638. The van der Waals surface area contributed by atoms with E-state index in [0.29, 0.717) is 19.0 Å². The Labute approximate surface area is 177 Å². The maximum Gasteiger partial charge on any atom is 0.227 e. The molecule has 2 aliphatic heterocycles. The molecule has 2 saturated heterocycles. The first-order chi connectivity index (χ1) is 13.2. The summed E-state index contributed by atoms with van der Waals surface area (Å²) < 4.78 is 1.09. The first kappa shape index (κ1) is 21.2. The molecule has 2 atom stereocenters. The topological polar surface area (TPSA) is 52.7 Å². The molecule has 2 heterocycles. The number of likely N-dealkylation sites (tertiary alicyclic amines) is 1. The second-order valence-electron chi connectivity index (χ2n) is 9.17. The van der Waals surface area contributed by atoms with Crippen molar-refractivity contribution in [1.82, 2.24) is 10.2 Å². The minimum atomic E-state index is -0.391. The number of piperidine rings is 1. The van der Waals surface area contributed by atoms with Gasteiger partial charge in [-0.3, -0.25) is 9.59 Å². The first-order valence-electron chi connectivity index (χ1n) is 10.3. The van der Waals surface area contributed by atoms with Crippen LogP contribution in [0.2, 0.25) is 0 Å². The minimum absolute atomic E-state index is 0.0809. The van der Waals surface area contributed by atoms with Crippen molar-refractivity contribution < 1.29 is 9.59 Å². The molecule has 0 saturated carbocycles. The lowest BCUT2D eigenvalue weighted by Gasteiger charge is -2.36. The fraction of sp³-hybridized carbons (Fsp3) is 0.636. The van der Waals surface area contributed by atoms with E-state index in [1.165, 1.54) is 5.69 Å². The standard InChI is InChI=1S/C22H32BrN3O2/c1-22(2,3)21(28)26-10-5-6-17(15-26)20(27)24-13-16-9-11-25(14-16)19-8-4-7-18(23)12-19/h4,7-8,12,16-17H,5-6,9-11,13-15H2,1-3H3,(H,24,27). The van der Waals surface area contributed by atoms with Crippen LogP contribution in [0.25, 0.3) is 0 Å². The van der Waals surface area contributed by atoms with E-state index < -0.39 is 5.41 Å². The Kier molecular flexibility index (Phi) is 6.69. The van der Waals surface area contributed by atoms with Crippen molar-refractivity contribution >= 4 is 33.4 Å². The fourth-order valence-electron chi connectivity index (χ4n) is 4.15. The van der Waals surface area contributed by atoms with Gasteiger partial charge in [-0.15, -0.1) is 0 Å². The smallest absolute Gasteiger partial charge is 0.227 e. The molecule has 6 heteroatoms. The van der Waals surface area contributed by atoms with Gasteiger partial charge in [0.05, 0.1) is 5.92 Å². The SMILES string of the molecule is CC(C)(C)C(=O)N1CCCC(C(=O)NCC2CCN(c3cccc(Br)c3)C2)C1. The van der Waals surface area contributed by atoms with E-state index >= 15 is 0 Å². The van der Waals surface area contributed by atoms with Crippen LogP contribution in [0.5, 0.6) is 0 Å². The Morgan fingerprint density at radius 1 is 1.18 bits per heavy atom. The predicted octanol–water partition coefficient (Wildman–Crippen LogP) is 3.68. The Bertz CT molecular complexity index is 716. The Hall–Kier alpha value is -1.56. The lowest BCUT2D eigenvalue weighted by molar-refractivity contribution is -0.142. The van der Waals surface area contributed by atoms with Crippen LogP contribution in [-0.4, -0.2) is 49.4 Å². The molecular weight excluding hydrogens is 418 g/mol. The molecule has 28 heavy (non-hydrogen) atoms. The van der Waals surface area contributed by atoms with Crippen molar-refractivity contribution in [3.8, 4) is 0 Å². The van der Waals surface area contributed by atoms with Gasteiger partial charge in [0, 0.05) is 48.3 Å². The highest BCUT2D eigenvalue weighted by molar-refractivity contribution is 9.10. The first-order valence-corrected chi connectivity index (χ1v) is 11.1. The van der Waals surface area contributed by atoms with Gasteiger partial charge in [0.2, 0.25) is 11.8 Å². The molecule has 0 aliphatic carbocycles. The Balaban J connectivity index is 1.47. The van der Waals surface area contributed by atoms with E-state index in [2.05, 4.69) is 44.3 Å². The molecule has 0 aromatic heterocycles. The number of rotatable bonds is 4. The average molecular weight is 450 g/mol. The third kappa shape index (κ3) is 5.28. The van der Waals surface area contributed by atoms with Crippen LogP contribution in [0.1, 0.15) is 40.0 Å². The van der Waals surface area contributed by atoms with E-state index in [1.54, 1.807) is 0 Å². The minimum Gasteiger partial charge on any atom is -0.371 e. The third-order valence-electron chi connectivity index (χ3n) is 5.75. The van der Waals surface area contributed by atoms with Crippen molar-refractivity contribution in [3.63, 3.8) is 0 Å². The second kappa shape index (κ2) is 8.85. The molecule has 0 radical (unpaired) electrons. The quantitative estimate of drug-likeness (QED) is 0.762. The summed E-state index contributed by atoms with van der Waals surface area (Å²) >= 11 is 3.53. The highest BCUT2D eigenvalue weighted by Crippen LogP contribution is 2.27. The molecule has 1 aromatic rings. The largest absolute Gasteiger partial charge is 0.371 e. The van der Waals surface area contributed by atoms with Crippen molar-refractivity contribution in [2.24, 2.45) is 17.3 Å². The third-order valence-corrected chi connectivity index (χ3v) is 6.24. The number of hydrogen-bond acceptors (Lipinski definition) is 3. The maximum atomic E-state index is 12.7. The monoisotopic (exact) mass is 449 g/mol. The van der Waals surface area contributed by atoms with Crippen LogP contribution in [0.4, 0.5) is 5.69 Å². The summed E-state index contributed by atoms with van der Waals surface area (Å²) in [5, 5.41) is 3.16. The number of nitrogens with zero attached hydrogens (tertiary/aromatic N) is 2. The van der Waals surface area contributed by atoms with E-state index in [1.807, 2.05) is 31.7 Å². The van der Waals surface area contributed by atoms with Gasteiger partial charge in [-0.25, -0.2) is 0 Å². The van der Waals surface area contributed by atoms with Gasteiger partial charge in [0.15, 0.2) is 0 Å². The fourth-order valence-corrected chi connectivity index (χ4v) is 4.53. The number of hydrogen-bond donors (Lipinski definition) is 1. The van der Waals surface area contributed by atoms with Gasteiger partial charge in [-0.2, -0.15) is 0 Å². The zero-order valence-electron chi connectivity index (χ0n) is 17.2. The summed E-state index contributed by atoms with van der Waals surface area (Å²) in [5.41, 5.74) is 0.838. The Morgan fingerprint density at radius 2 is 1.96 bits per heavy atom.